The van der Waals surface area contributed by atoms with Gasteiger partial charge in [0.1, 0.15) is 6.07 Å². The summed E-state index contributed by atoms with van der Waals surface area (Å²) in [6, 6.07) is 5.69. The molecule has 0 aliphatic carbocycles. The van der Waals surface area contributed by atoms with Gasteiger partial charge in [-0.25, -0.2) is 0 Å². The molecule has 0 bridgehead atoms. The number of ether oxygens (including phenoxy) is 1. The van der Waals surface area contributed by atoms with E-state index in [1.54, 1.807) is 18.4 Å². The van der Waals surface area contributed by atoms with Gasteiger partial charge in [-0.15, -0.1) is 0 Å². The van der Waals surface area contributed by atoms with Crippen molar-refractivity contribution in [3.05, 3.63) is 24.1 Å². The molecule has 132 valence electrons. The number of aromatic nitrogens is 1. The summed E-state index contributed by atoms with van der Waals surface area (Å²) in [5, 5.41) is 9.38. The van der Waals surface area contributed by atoms with Crippen LogP contribution in [-0.4, -0.2) is 55.8 Å². The summed E-state index contributed by atoms with van der Waals surface area (Å²) in [6.45, 7) is 6.54. The number of rotatable bonds is 4. The van der Waals surface area contributed by atoms with Gasteiger partial charge in [0.25, 0.3) is 5.89 Å². The van der Waals surface area contributed by atoms with Gasteiger partial charge in [0.05, 0.1) is 6.26 Å². The number of furan rings is 1. The fourth-order valence-electron chi connectivity index (χ4n) is 3.53. The van der Waals surface area contributed by atoms with Gasteiger partial charge in [-0.05, 0) is 30.9 Å². The highest BCUT2D eigenvalue weighted by atomic mass is 16.5. The Labute approximate surface area is 146 Å². The first-order chi connectivity index (χ1) is 12.3. The van der Waals surface area contributed by atoms with Crippen LogP contribution in [0.25, 0.3) is 11.7 Å². The van der Waals surface area contributed by atoms with Crippen molar-refractivity contribution in [2.24, 2.45) is 5.92 Å². The van der Waals surface area contributed by atoms with Gasteiger partial charge in [-0.3, -0.25) is 4.90 Å². The summed E-state index contributed by atoms with van der Waals surface area (Å²) >= 11 is 0. The summed E-state index contributed by atoms with van der Waals surface area (Å²) in [5.74, 6) is 2.20. The molecule has 2 aromatic rings. The van der Waals surface area contributed by atoms with E-state index in [2.05, 4.69) is 20.9 Å². The summed E-state index contributed by atoms with van der Waals surface area (Å²) in [5.41, 5.74) is 0.323. The maximum absolute atomic E-state index is 9.38. The predicted octanol–water partition coefficient (Wildman–Crippen LogP) is 2.35. The maximum atomic E-state index is 9.38. The highest BCUT2D eigenvalue weighted by molar-refractivity contribution is 5.55. The van der Waals surface area contributed by atoms with E-state index in [0.29, 0.717) is 23.2 Å². The number of oxazole rings is 1. The van der Waals surface area contributed by atoms with Gasteiger partial charge >= 0.3 is 0 Å². The van der Waals surface area contributed by atoms with E-state index in [1.165, 1.54) is 0 Å². The summed E-state index contributed by atoms with van der Waals surface area (Å²) in [6.07, 6.45) is 3.89. The highest BCUT2D eigenvalue weighted by Gasteiger charge is 2.26. The molecule has 7 heteroatoms. The van der Waals surface area contributed by atoms with Gasteiger partial charge in [-0.2, -0.15) is 10.2 Å². The molecule has 0 spiro atoms. The molecular weight excluding hydrogens is 320 g/mol. The molecule has 0 N–H and O–H groups in total. The Morgan fingerprint density at radius 2 is 2.00 bits per heavy atom. The van der Waals surface area contributed by atoms with Gasteiger partial charge in [-0.1, -0.05) is 0 Å². The van der Waals surface area contributed by atoms with E-state index in [9.17, 15) is 5.26 Å². The molecule has 2 saturated heterocycles. The smallest absolute Gasteiger partial charge is 0.266 e. The van der Waals surface area contributed by atoms with Crippen molar-refractivity contribution < 1.29 is 13.6 Å². The SMILES string of the molecule is N#Cc1nc(-c2ccco2)oc1N1CCN(CC2CCOCC2)CC1. The molecule has 0 aromatic carbocycles. The number of nitrogens with zero attached hydrogens (tertiary/aromatic N) is 4. The Morgan fingerprint density at radius 1 is 1.20 bits per heavy atom. The number of anilines is 1. The minimum absolute atomic E-state index is 0.323. The first kappa shape index (κ1) is 16.2. The third kappa shape index (κ3) is 3.55. The van der Waals surface area contributed by atoms with E-state index in [-0.39, 0.29) is 0 Å². The van der Waals surface area contributed by atoms with E-state index >= 15 is 0 Å². The first-order valence-corrected chi connectivity index (χ1v) is 8.83. The zero-order chi connectivity index (χ0) is 17.1. The zero-order valence-corrected chi connectivity index (χ0v) is 14.2. The monoisotopic (exact) mass is 342 g/mol. The molecule has 0 atom stereocenters. The lowest BCUT2D eigenvalue weighted by Crippen LogP contribution is -2.48. The molecule has 0 amide bonds. The van der Waals surface area contributed by atoms with Crippen LogP contribution in [0.2, 0.25) is 0 Å². The van der Waals surface area contributed by atoms with Gasteiger partial charge in [0.15, 0.2) is 5.76 Å². The van der Waals surface area contributed by atoms with Crippen LogP contribution in [0, 0.1) is 17.2 Å². The van der Waals surface area contributed by atoms with Crippen molar-refractivity contribution in [1.29, 1.82) is 5.26 Å². The second kappa shape index (κ2) is 7.30. The molecule has 25 heavy (non-hydrogen) atoms. The Morgan fingerprint density at radius 3 is 2.68 bits per heavy atom. The molecule has 4 rings (SSSR count). The second-order valence-corrected chi connectivity index (χ2v) is 6.61. The molecule has 2 aliphatic heterocycles. The Hall–Kier alpha value is -2.30. The Balaban J connectivity index is 1.39. The Bertz CT molecular complexity index is 720. The van der Waals surface area contributed by atoms with Crippen molar-refractivity contribution in [1.82, 2.24) is 9.88 Å². The topological polar surface area (TPSA) is 78.7 Å². The van der Waals surface area contributed by atoms with Crippen LogP contribution in [0.4, 0.5) is 5.88 Å². The van der Waals surface area contributed by atoms with Crippen LogP contribution in [0.15, 0.2) is 27.2 Å². The Kier molecular flexibility index (Phi) is 4.72. The number of hydrogen-bond acceptors (Lipinski definition) is 7. The normalized spacial score (nSPS) is 19.9. The largest absolute Gasteiger partial charge is 0.459 e. The van der Waals surface area contributed by atoms with Crippen LogP contribution in [0.3, 0.4) is 0 Å². The van der Waals surface area contributed by atoms with E-state index in [1.807, 2.05) is 0 Å². The lowest BCUT2D eigenvalue weighted by atomic mass is 9.99. The van der Waals surface area contributed by atoms with Gasteiger partial charge in [0.2, 0.25) is 11.6 Å². The second-order valence-electron chi connectivity index (χ2n) is 6.61. The molecular formula is C18H22N4O3. The van der Waals surface area contributed by atoms with Crippen molar-refractivity contribution in [3.8, 4) is 17.7 Å². The van der Waals surface area contributed by atoms with Crippen LogP contribution in [0.1, 0.15) is 18.5 Å². The predicted molar refractivity (Wildman–Crippen MR) is 91.1 cm³/mol. The highest BCUT2D eigenvalue weighted by Crippen LogP contribution is 2.29. The van der Waals surface area contributed by atoms with E-state index in [0.717, 1.165) is 64.7 Å². The number of nitriles is 1. The number of hydrogen-bond donors (Lipinski definition) is 0. The molecule has 0 saturated carbocycles. The lowest BCUT2D eigenvalue weighted by molar-refractivity contribution is 0.0516. The van der Waals surface area contributed by atoms with Crippen molar-refractivity contribution in [2.75, 3.05) is 50.8 Å². The van der Waals surface area contributed by atoms with Gasteiger partial charge < -0.3 is 18.5 Å². The third-order valence-corrected chi connectivity index (χ3v) is 4.96. The molecule has 4 heterocycles. The number of piperazine rings is 1. The van der Waals surface area contributed by atoms with Crippen LogP contribution in [0.5, 0.6) is 0 Å². The first-order valence-electron chi connectivity index (χ1n) is 8.83. The molecule has 0 unspecified atom stereocenters. The molecule has 2 fully saturated rings. The fraction of sp³-hybridized carbons (Fsp3) is 0.556. The van der Waals surface area contributed by atoms with E-state index < -0.39 is 0 Å². The summed E-state index contributed by atoms with van der Waals surface area (Å²) < 4.78 is 16.6. The maximum Gasteiger partial charge on any atom is 0.266 e. The van der Waals surface area contributed by atoms with Crippen LogP contribution < -0.4 is 4.90 Å². The average Bonchev–Trinajstić information content (AvgIpc) is 3.33. The van der Waals surface area contributed by atoms with Crippen LogP contribution >= 0.6 is 0 Å². The van der Waals surface area contributed by atoms with Gasteiger partial charge in [0, 0.05) is 45.9 Å². The van der Waals surface area contributed by atoms with Crippen molar-refractivity contribution in [2.45, 2.75) is 12.8 Å². The molecule has 0 radical (unpaired) electrons. The third-order valence-electron chi connectivity index (χ3n) is 4.96. The fourth-order valence-corrected chi connectivity index (χ4v) is 3.53. The molecule has 2 aliphatic rings. The quantitative estimate of drug-likeness (QED) is 0.844. The van der Waals surface area contributed by atoms with E-state index in [4.69, 9.17) is 13.6 Å². The minimum Gasteiger partial charge on any atom is -0.459 e. The summed E-state index contributed by atoms with van der Waals surface area (Å²) in [4.78, 5) is 8.88. The summed E-state index contributed by atoms with van der Waals surface area (Å²) in [7, 11) is 0. The lowest BCUT2D eigenvalue weighted by Gasteiger charge is -2.37. The van der Waals surface area contributed by atoms with Crippen molar-refractivity contribution in [3.63, 3.8) is 0 Å². The minimum atomic E-state index is 0.323. The molecule has 7 nitrogen and oxygen atoms in total. The molecule has 2 aromatic heterocycles. The van der Waals surface area contributed by atoms with Crippen molar-refractivity contribution >= 4 is 5.88 Å². The van der Waals surface area contributed by atoms with Crippen LogP contribution in [-0.2, 0) is 4.74 Å². The zero-order valence-electron chi connectivity index (χ0n) is 14.2. The standard InChI is InChI=1S/C18H22N4O3/c19-12-15-18(25-17(20-15)16-2-1-9-24-16)22-7-5-21(6-8-22)13-14-3-10-23-11-4-14/h1-2,9,14H,3-8,10-11,13H2. The average molecular weight is 342 g/mol.